The van der Waals surface area contributed by atoms with Crippen LogP contribution in [-0.4, -0.2) is 114 Å². The van der Waals surface area contributed by atoms with Gasteiger partial charge in [0.15, 0.2) is 24.3 Å². The van der Waals surface area contributed by atoms with Gasteiger partial charge in [0, 0.05) is 26.1 Å². The molecule has 11 N–H and O–H groups in total. The topological polar surface area (TPSA) is 240 Å². The van der Waals surface area contributed by atoms with E-state index >= 15 is 0 Å². The molecule has 0 saturated carbocycles. The first-order valence-electron chi connectivity index (χ1n) is 11.7. The van der Waals surface area contributed by atoms with Gasteiger partial charge in [0.1, 0.15) is 18.2 Å². The van der Waals surface area contributed by atoms with Crippen LogP contribution in [0.2, 0.25) is 0 Å². The third kappa shape index (κ3) is 6.49. The van der Waals surface area contributed by atoms with Crippen molar-refractivity contribution < 1.29 is 34.1 Å². The van der Waals surface area contributed by atoms with Gasteiger partial charge >= 0.3 is 6.09 Å². The zero-order chi connectivity index (χ0) is 25.7. The summed E-state index contributed by atoms with van der Waals surface area (Å²) < 4.78 is 10.8. The minimum absolute atomic E-state index is 0.0368. The van der Waals surface area contributed by atoms with Gasteiger partial charge in [-0.05, 0) is 25.8 Å². The molecule has 198 valence electrons. The fourth-order valence-corrected chi connectivity index (χ4v) is 4.49. The zero-order valence-electron chi connectivity index (χ0n) is 19.6. The van der Waals surface area contributed by atoms with Crippen LogP contribution in [0, 0.1) is 0 Å². The van der Waals surface area contributed by atoms with Crippen molar-refractivity contribution in [2.45, 2.75) is 74.4 Å². The van der Waals surface area contributed by atoms with Gasteiger partial charge in [-0.15, -0.1) is 0 Å². The van der Waals surface area contributed by atoms with Crippen LogP contribution < -0.4 is 33.2 Å². The summed E-state index contributed by atoms with van der Waals surface area (Å²) in [4.78, 5) is 42.5. The highest BCUT2D eigenvalue weighted by Crippen LogP contribution is 2.24. The van der Waals surface area contributed by atoms with Crippen LogP contribution in [0.1, 0.15) is 25.7 Å². The Balaban J connectivity index is 1.76. The summed E-state index contributed by atoms with van der Waals surface area (Å²) in [6.45, 7) is 0.420. The standard InChI is InChI=1S/C20H36N8O7/c1-28-6-4-10-13(18(28)32)26-20(24-10)27-17-14(25-12(30)7-9(22)3-2-5-21)15(31)16(35-19(23)33)11(8-29)34-17/h9-11,13-17,29,31H,2-8,21-22H2,1H3,(H2,23,33)(H,25,30)(H2,24,26,27)/t9-,10+,11+,13-,14+,15-,16-,17+/m0/s1. The summed E-state index contributed by atoms with van der Waals surface area (Å²) in [5, 5.41) is 29.5. The van der Waals surface area contributed by atoms with Crippen LogP contribution in [0.25, 0.3) is 0 Å². The Kier molecular flexibility index (Phi) is 9.07. The zero-order valence-corrected chi connectivity index (χ0v) is 19.6. The second-order valence-corrected chi connectivity index (χ2v) is 9.02. The molecule has 0 aromatic rings. The molecule has 0 spiro atoms. The second-order valence-electron chi connectivity index (χ2n) is 9.02. The molecule has 2 fully saturated rings. The number of likely N-dealkylation sites (tertiary alicyclic amines) is 1. The highest BCUT2D eigenvalue weighted by Gasteiger charge is 2.49. The Hall–Kier alpha value is -2.72. The van der Waals surface area contributed by atoms with Crippen molar-refractivity contribution in [2.75, 3.05) is 26.7 Å². The first kappa shape index (κ1) is 26.9. The average Bonchev–Trinajstić information content (AvgIpc) is 3.22. The number of nitrogens with one attached hydrogen (secondary N) is 3. The number of aliphatic imine (C=N–C) groups is 1. The normalized spacial score (nSPS) is 33.3. The molecule has 0 aliphatic carbocycles. The number of piperidine rings is 1. The van der Waals surface area contributed by atoms with Gasteiger partial charge < -0.3 is 57.7 Å². The van der Waals surface area contributed by atoms with Gasteiger partial charge in [-0.25, -0.2) is 9.79 Å². The molecule has 2 saturated heterocycles. The number of nitrogens with zero attached hydrogens (tertiary/aromatic N) is 2. The molecular formula is C20H36N8O7. The number of hydrogen-bond acceptors (Lipinski definition) is 12. The van der Waals surface area contributed by atoms with E-state index in [1.54, 1.807) is 11.9 Å². The molecule has 3 amide bonds. The summed E-state index contributed by atoms with van der Waals surface area (Å²) >= 11 is 0. The number of hydrogen-bond donors (Lipinski definition) is 8. The number of carbonyl (C=O) groups excluding carboxylic acids is 3. The predicted octanol–water partition coefficient (Wildman–Crippen LogP) is -4.38. The average molecular weight is 501 g/mol. The molecule has 0 unspecified atom stereocenters. The maximum absolute atomic E-state index is 12.7. The molecule has 15 nitrogen and oxygen atoms in total. The van der Waals surface area contributed by atoms with Crippen LogP contribution in [0.4, 0.5) is 4.79 Å². The van der Waals surface area contributed by atoms with Crippen LogP contribution >= 0.6 is 0 Å². The summed E-state index contributed by atoms with van der Waals surface area (Å²) in [5.74, 6) is -0.360. The molecule has 35 heavy (non-hydrogen) atoms. The molecule has 3 aliphatic rings. The van der Waals surface area contributed by atoms with Crippen molar-refractivity contribution in [1.82, 2.24) is 20.9 Å². The summed E-state index contributed by atoms with van der Waals surface area (Å²) in [6, 6.07) is -2.40. The number of amides is 3. The molecule has 3 heterocycles. The maximum atomic E-state index is 12.7. The fraction of sp³-hybridized carbons (Fsp3) is 0.800. The maximum Gasteiger partial charge on any atom is 0.404 e. The molecule has 3 rings (SSSR count). The van der Waals surface area contributed by atoms with E-state index in [0.717, 1.165) is 0 Å². The van der Waals surface area contributed by atoms with Gasteiger partial charge in [0.2, 0.25) is 11.8 Å². The number of nitrogens with two attached hydrogens (primary N) is 3. The third-order valence-corrected chi connectivity index (χ3v) is 6.36. The number of rotatable bonds is 9. The molecule has 8 atom stereocenters. The van der Waals surface area contributed by atoms with Crippen molar-refractivity contribution in [3.8, 4) is 0 Å². The number of aliphatic hydroxyl groups is 2. The van der Waals surface area contributed by atoms with Gasteiger partial charge in [-0.2, -0.15) is 0 Å². The largest absolute Gasteiger partial charge is 0.441 e. The summed E-state index contributed by atoms with van der Waals surface area (Å²) in [5.41, 5.74) is 16.6. The van der Waals surface area contributed by atoms with Gasteiger partial charge in [0.05, 0.1) is 12.6 Å². The number of likely N-dealkylation sites (N-methyl/N-ethyl adjacent to an activating group) is 1. The molecule has 0 aromatic carbocycles. The third-order valence-electron chi connectivity index (χ3n) is 6.36. The lowest BCUT2D eigenvalue weighted by molar-refractivity contribution is -0.198. The Morgan fingerprint density at radius 1 is 1.43 bits per heavy atom. The van der Waals surface area contributed by atoms with Crippen LogP contribution in [0.15, 0.2) is 4.99 Å². The van der Waals surface area contributed by atoms with Crippen molar-refractivity contribution in [2.24, 2.45) is 22.2 Å². The number of ether oxygens (including phenoxy) is 2. The molecule has 15 heteroatoms. The SMILES string of the molecule is CN1CC[C@H]2NC(N[C@@H]3O[C@H](CO)[C@H](OC(N)=O)[C@@H](O)[C@H]3NC(=O)C[C@@H](N)CCCN)=N[C@@H]2C1=O. The Morgan fingerprint density at radius 3 is 2.83 bits per heavy atom. The van der Waals surface area contributed by atoms with Crippen LogP contribution in [0.3, 0.4) is 0 Å². The lowest BCUT2D eigenvalue weighted by Gasteiger charge is -2.44. The van der Waals surface area contributed by atoms with E-state index in [2.05, 4.69) is 20.9 Å². The number of guanidine groups is 1. The molecule has 0 radical (unpaired) electrons. The first-order valence-corrected chi connectivity index (χ1v) is 11.7. The Labute approximate surface area is 202 Å². The van der Waals surface area contributed by atoms with Crippen LogP contribution in [-0.2, 0) is 19.1 Å². The van der Waals surface area contributed by atoms with Crippen molar-refractivity contribution in [1.29, 1.82) is 0 Å². The second kappa shape index (κ2) is 11.8. The predicted molar refractivity (Wildman–Crippen MR) is 123 cm³/mol. The lowest BCUT2D eigenvalue weighted by atomic mass is 9.95. The van der Waals surface area contributed by atoms with E-state index in [0.29, 0.717) is 32.4 Å². The molecular weight excluding hydrogens is 464 g/mol. The van der Waals surface area contributed by atoms with E-state index in [1.165, 1.54) is 0 Å². The Bertz CT molecular complexity index is 814. The highest BCUT2D eigenvalue weighted by molar-refractivity contribution is 5.92. The smallest absolute Gasteiger partial charge is 0.404 e. The quantitative estimate of drug-likeness (QED) is 0.150. The molecule has 0 aromatic heterocycles. The molecule has 0 bridgehead atoms. The van der Waals surface area contributed by atoms with E-state index in [9.17, 15) is 24.6 Å². The number of fused-ring (bicyclic) bond motifs is 1. The number of carbonyl (C=O) groups is 3. The first-order chi connectivity index (χ1) is 16.6. The minimum Gasteiger partial charge on any atom is -0.441 e. The van der Waals surface area contributed by atoms with Gasteiger partial charge in [-0.3, -0.25) is 9.59 Å². The van der Waals surface area contributed by atoms with Crippen molar-refractivity contribution >= 4 is 23.9 Å². The van der Waals surface area contributed by atoms with E-state index in [1.807, 2.05) is 0 Å². The van der Waals surface area contributed by atoms with E-state index < -0.39 is 61.3 Å². The van der Waals surface area contributed by atoms with Gasteiger partial charge in [-0.1, -0.05) is 0 Å². The van der Waals surface area contributed by atoms with Crippen molar-refractivity contribution in [3.63, 3.8) is 0 Å². The molecule has 3 aliphatic heterocycles. The van der Waals surface area contributed by atoms with E-state index in [-0.39, 0.29) is 24.3 Å². The number of primary amides is 1. The number of aliphatic hydroxyl groups excluding tert-OH is 2. The lowest BCUT2D eigenvalue weighted by Crippen LogP contribution is -2.69. The monoisotopic (exact) mass is 500 g/mol. The Morgan fingerprint density at radius 2 is 2.17 bits per heavy atom. The van der Waals surface area contributed by atoms with Gasteiger partial charge in [0.25, 0.3) is 0 Å². The minimum atomic E-state index is -1.49. The summed E-state index contributed by atoms with van der Waals surface area (Å²) in [7, 11) is 1.70. The highest BCUT2D eigenvalue weighted by atomic mass is 16.6. The van der Waals surface area contributed by atoms with E-state index in [4.69, 9.17) is 26.7 Å². The summed E-state index contributed by atoms with van der Waals surface area (Å²) in [6.07, 6.45) is -4.41. The van der Waals surface area contributed by atoms with Crippen LogP contribution in [0.5, 0.6) is 0 Å². The van der Waals surface area contributed by atoms with Crippen molar-refractivity contribution in [3.05, 3.63) is 0 Å². The fourth-order valence-electron chi connectivity index (χ4n) is 4.49.